The van der Waals surface area contributed by atoms with Crippen LogP contribution in [0.25, 0.3) is 0 Å². The molecule has 3 N–H and O–H groups in total. The van der Waals surface area contributed by atoms with Crippen LogP contribution in [0.15, 0.2) is 0 Å². The highest BCUT2D eigenvalue weighted by Crippen LogP contribution is 2.29. The summed E-state index contributed by atoms with van der Waals surface area (Å²) < 4.78 is 27.1. The third kappa shape index (κ3) is 3.53. The van der Waals surface area contributed by atoms with Crippen molar-refractivity contribution in [2.45, 2.75) is 25.8 Å². The second kappa shape index (κ2) is 4.57. The van der Waals surface area contributed by atoms with Crippen molar-refractivity contribution in [2.24, 2.45) is 11.7 Å². The second-order valence-corrected chi connectivity index (χ2v) is 5.79. The lowest BCUT2D eigenvalue weighted by Gasteiger charge is -2.20. The summed E-state index contributed by atoms with van der Waals surface area (Å²) in [6.45, 7) is 2.69. The predicted octanol–water partition coefficient (Wildman–Crippen LogP) is -0.490. The number of nitrogens with one attached hydrogen (secondary N) is 1. The first-order valence-corrected chi connectivity index (χ1v) is 6.33. The normalized spacial score (nSPS) is 20.0. The minimum atomic E-state index is -3.32. The maximum atomic E-state index is 11.6. The topological polar surface area (TPSA) is 75.4 Å². The number of hydrogen-bond donors (Lipinski definition) is 2. The average molecular weight is 221 g/mol. The smallest absolute Gasteiger partial charge is 0.279 e. The number of nitrogens with zero attached hydrogens (tertiary/aromatic N) is 1. The van der Waals surface area contributed by atoms with E-state index in [1.54, 1.807) is 14.0 Å². The van der Waals surface area contributed by atoms with Gasteiger partial charge in [0.1, 0.15) is 0 Å². The highest BCUT2D eigenvalue weighted by atomic mass is 32.2. The fourth-order valence-corrected chi connectivity index (χ4v) is 2.35. The Kier molecular flexibility index (Phi) is 3.88. The van der Waals surface area contributed by atoms with E-state index in [-0.39, 0.29) is 6.04 Å². The Morgan fingerprint density at radius 2 is 2.14 bits per heavy atom. The highest BCUT2D eigenvalue weighted by molar-refractivity contribution is 7.87. The largest absolute Gasteiger partial charge is 0.329 e. The summed E-state index contributed by atoms with van der Waals surface area (Å²) in [6.07, 6.45) is 2.29. The zero-order valence-electron chi connectivity index (χ0n) is 8.73. The standard InChI is InChI=1S/C8H19N3O2S/c1-7(5-9)10-14(12,13)11(2)6-8-3-4-8/h7-8,10H,3-6,9H2,1-2H3/t7-/m0/s1. The molecule has 0 aromatic carbocycles. The predicted molar refractivity (Wildman–Crippen MR) is 55.9 cm³/mol. The molecule has 1 aliphatic carbocycles. The number of rotatable bonds is 6. The lowest BCUT2D eigenvalue weighted by molar-refractivity contribution is 0.436. The molecule has 6 heteroatoms. The summed E-state index contributed by atoms with van der Waals surface area (Å²) >= 11 is 0. The summed E-state index contributed by atoms with van der Waals surface area (Å²) in [7, 11) is -1.72. The molecule has 1 atom stereocenters. The molecule has 0 saturated heterocycles. The van der Waals surface area contributed by atoms with Crippen LogP contribution in [0, 0.1) is 5.92 Å². The summed E-state index contributed by atoms with van der Waals surface area (Å²) in [4.78, 5) is 0. The molecule has 0 spiro atoms. The summed E-state index contributed by atoms with van der Waals surface area (Å²) in [5, 5.41) is 0. The van der Waals surface area contributed by atoms with Gasteiger partial charge in [-0.1, -0.05) is 0 Å². The van der Waals surface area contributed by atoms with Gasteiger partial charge >= 0.3 is 0 Å². The van der Waals surface area contributed by atoms with Crippen LogP contribution in [-0.4, -0.2) is 38.9 Å². The van der Waals surface area contributed by atoms with E-state index in [1.807, 2.05) is 0 Å². The molecule has 0 aliphatic heterocycles. The fraction of sp³-hybridized carbons (Fsp3) is 1.00. The number of nitrogens with two attached hydrogens (primary N) is 1. The molecular weight excluding hydrogens is 202 g/mol. The lowest BCUT2D eigenvalue weighted by Crippen LogP contribution is -2.45. The van der Waals surface area contributed by atoms with Gasteiger partial charge < -0.3 is 5.73 Å². The van der Waals surface area contributed by atoms with Crippen molar-refractivity contribution in [2.75, 3.05) is 20.1 Å². The average Bonchev–Trinajstić information content (AvgIpc) is 2.87. The van der Waals surface area contributed by atoms with E-state index < -0.39 is 10.2 Å². The van der Waals surface area contributed by atoms with Crippen molar-refractivity contribution in [3.8, 4) is 0 Å². The fourth-order valence-electron chi connectivity index (χ4n) is 1.15. The van der Waals surface area contributed by atoms with Gasteiger partial charge in [-0.05, 0) is 25.7 Å². The Labute approximate surface area is 85.8 Å². The Bertz CT molecular complexity index is 274. The molecule has 1 fully saturated rings. The molecule has 1 rings (SSSR count). The van der Waals surface area contributed by atoms with E-state index in [1.165, 1.54) is 4.31 Å². The maximum absolute atomic E-state index is 11.6. The Morgan fingerprint density at radius 3 is 2.57 bits per heavy atom. The molecule has 14 heavy (non-hydrogen) atoms. The molecule has 1 saturated carbocycles. The zero-order chi connectivity index (χ0) is 10.8. The monoisotopic (exact) mass is 221 g/mol. The van der Waals surface area contributed by atoms with Crippen LogP contribution in [0.5, 0.6) is 0 Å². The first-order valence-electron chi connectivity index (χ1n) is 4.89. The van der Waals surface area contributed by atoms with Crippen LogP contribution >= 0.6 is 0 Å². The van der Waals surface area contributed by atoms with E-state index in [0.717, 1.165) is 12.8 Å². The van der Waals surface area contributed by atoms with Crippen molar-refractivity contribution < 1.29 is 8.42 Å². The quantitative estimate of drug-likeness (QED) is 0.635. The van der Waals surface area contributed by atoms with Crippen LogP contribution in [-0.2, 0) is 10.2 Å². The van der Waals surface area contributed by atoms with Crippen molar-refractivity contribution in [1.82, 2.24) is 9.03 Å². The van der Waals surface area contributed by atoms with Gasteiger partial charge in [0.2, 0.25) is 0 Å². The van der Waals surface area contributed by atoms with Gasteiger partial charge in [-0.3, -0.25) is 0 Å². The van der Waals surface area contributed by atoms with Crippen molar-refractivity contribution >= 4 is 10.2 Å². The van der Waals surface area contributed by atoms with Crippen LogP contribution in [0.3, 0.4) is 0 Å². The Hall–Kier alpha value is -0.170. The van der Waals surface area contributed by atoms with Gasteiger partial charge in [0, 0.05) is 26.2 Å². The molecule has 0 radical (unpaired) electrons. The van der Waals surface area contributed by atoms with Crippen LogP contribution in [0.4, 0.5) is 0 Å². The lowest BCUT2D eigenvalue weighted by atomic mass is 10.4. The van der Waals surface area contributed by atoms with E-state index in [0.29, 0.717) is 19.0 Å². The zero-order valence-corrected chi connectivity index (χ0v) is 9.55. The minimum absolute atomic E-state index is 0.207. The molecule has 84 valence electrons. The molecule has 0 bridgehead atoms. The van der Waals surface area contributed by atoms with Crippen molar-refractivity contribution in [3.63, 3.8) is 0 Å². The molecular formula is C8H19N3O2S. The molecule has 0 aromatic heterocycles. The summed E-state index contributed by atoms with van der Waals surface area (Å²) in [5.41, 5.74) is 5.35. The molecule has 1 aliphatic rings. The van der Waals surface area contributed by atoms with Gasteiger partial charge in [0.25, 0.3) is 10.2 Å². The van der Waals surface area contributed by atoms with E-state index in [9.17, 15) is 8.42 Å². The second-order valence-electron chi connectivity index (χ2n) is 3.98. The van der Waals surface area contributed by atoms with Gasteiger partial charge in [-0.25, -0.2) is 0 Å². The first-order chi connectivity index (χ1) is 6.45. The Balaban J connectivity index is 2.45. The van der Waals surface area contributed by atoms with Crippen molar-refractivity contribution in [1.29, 1.82) is 0 Å². The molecule has 0 heterocycles. The molecule has 5 nitrogen and oxygen atoms in total. The first kappa shape index (κ1) is 11.9. The summed E-state index contributed by atoms with van der Waals surface area (Å²) in [5.74, 6) is 0.560. The number of hydrogen-bond acceptors (Lipinski definition) is 3. The van der Waals surface area contributed by atoms with Gasteiger partial charge in [0.05, 0.1) is 0 Å². The Morgan fingerprint density at radius 1 is 1.57 bits per heavy atom. The van der Waals surface area contributed by atoms with Crippen LogP contribution < -0.4 is 10.5 Å². The van der Waals surface area contributed by atoms with E-state index in [4.69, 9.17) is 5.73 Å². The molecule has 0 unspecified atom stereocenters. The van der Waals surface area contributed by atoms with E-state index >= 15 is 0 Å². The van der Waals surface area contributed by atoms with Crippen LogP contribution in [0.2, 0.25) is 0 Å². The molecule has 0 amide bonds. The van der Waals surface area contributed by atoms with Gasteiger partial charge in [-0.15, -0.1) is 0 Å². The highest BCUT2D eigenvalue weighted by Gasteiger charge is 2.28. The summed E-state index contributed by atoms with van der Waals surface area (Å²) in [6, 6.07) is -0.207. The van der Waals surface area contributed by atoms with Crippen LogP contribution in [0.1, 0.15) is 19.8 Å². The maximum Gasteiger partial charge on any atom is 0.279 e. The third-order valence-corrected chi connectivity index (χ3v) is 4.00. The SMILES string of the molecule is C[C@@H](CN)NS(=O)(=O)N(C)CC1CC1. The third-order valence-electron chi connectivity index (χ3n) is 2.33. The van der Waals surface area contributed by atoms with E-state index in [2.05, 4.69) is 4.72 Å². The van der Waals surface area contributed by atoms with Crippen molar-refractivity contribution in [3.05, 3.63) is 0 Å². The molecule has 0 aromatic rings. The minimum Gasteiger partial charge on any atom is -0.329 e. The van der Waals surface area contributed by atoms with Gasteiger partial charge in [0.15, 0.2) is 0 Å². The van der Waals surface area contributed by atoms with Gasteiger partial charge in [-0.2, -0.15) is 17.4 Å².